The summed E-state index contributed by atoms with van der Waals surface area (Å²) in [5.74, 6) is 5.22. The van der Waals surface area contributed by atoms with Gasteiger partial charge in [-0.05, 0) is 42.3 Å². The highest BCUT2D eigenvalue weighted by Gasteiger charge is 2.05. The summed E-state index contributed by atoms with van der Waals surface area (Å²) in [5.41, 5.74) is 1.33. The molecule has 0 saturated heterocycles. The van der Waals surface area contributed by atoms with Crippen LogP contribution in [0.5, 0.6) is 0 Å². The monoisotopic (exact) mass is 318 g/mol. The van der Waals surface area contributed by atoms with Crippen molar-refractivity contribution in [3.63, 3.8) is 0 Å². The second-order valence-corrected chi connectivity index (χ2v) is 4.86. The SMILES string of the molecule is O=C(C#Cc1ccc(Cl)cc1)c1ccccc1Br. The third-order valence-corrected chi connectivity index (χ3v) is 3.23. The number of carbonyl (C=O) groups is 1. The first-order chi connectivity index (χ1) is 8.66. The number of benzene rings is 2. The van der Waals surface area contributed by atoms with Gasteiger partial charge in [0.1, 0.15) is 0 Å². The first-order valence-electron chi connectivity index (χ1n) is 5.23. The van der Waals surface area contributed by atoms with E-state index in [9.17, 15) is 4.79 Å². The fourth-order valence-corrected chi connectivity index (χ4v) is 1.97. The van der Waals surface area contributed by atoms with Crippen LogP contribution in [-0.2, 0) is 0 Å². The molecule has 0 bridgehead atoms. The molecule has 0 saturated carbocycles. The van der Waals surface area contributed by atoms with E-state index in [0.717, 1.165) is 10.0 Å². The van der Waals surface area contributed by atoms with Crippen LogP contribution in [0.3, 0.4) is 0 Å². The van der Waals surface area contributed by atoms with Crippen LogP contribution in [0.15, 0.2) is 53.0 Å². The first kappa shape index (κ1) is 12.9. The second-order valence-electron chi connectivity index (χ2n) is 3.57. The highest BCUT2D eigenvalue weighted by Crippen LogP contribution is 2.16. The molecule has 0 atom stereocenters. The first-order valence-corrected chi connectivity index (χ1v) is 6.40. The Morgan fingerprint density at radius 2 is 1.72 bits per heavy atom. The number of Topliss-reactive ketones (excluding diaryl/α,β-unsaturated/α-hetero) is 1. The van der Waals surface area contributed by atoms with E-state index in [1.54, 1.807) is 30.3 Å². The Labute approximate surface area is 119 Å². The van der Waals surface area contributed by atoms with Crippen molar-refractivity contribution >= 4 is 33.3 Å². The van der Waals surface area contributed by atoms with Crippen molar-refractivity contribution in [3.8, 4) is 11.8 Å². The molecule has 0 amide bonds. The Morgan fingerprint density at radius 1 is 1.06 bits per heavy atom. The number of carbonyl (C=O) groups excluding carboxylic acids is 1. The van der Waals surface area contributed by atoms with E-state index in [1.165, 1.54) is 0 Å². The van der Waals surface area contributed by atoms with Crippen molar-refractivity contribution in [1.82, 2.24) is 0 Å². The standard InChI is InChI=1S/C15H8BrClO/c16-14-4-2-1-3-13(14)15(18)10-7-11-5-8-12(17)9-6-11/h1-6,8-9H. The molecule has 88 valence electrons. The molecule has 2 aromatic carbocycles. The molecule has 0 heterocycles. The van der Waals surface area contributed by atoms with Crippen LogP contribution in [0, 0.1) is 11.8 Å². The van der Waals surface area contributed by atoms with Gasteiger partial charge in [-0.3, -0.25) is 4.79 Å². The number of hydrogen-bond donors (Lipinski definition) is 0. The molecule has 0 aromatic heterocycles. The van der Waals surface area contributed by atoms with Gasteiger partial charge in [-0.15, -0.1) is 0 Å². The lowest BCUT2D eigenvalue weighted by atomic mass is 10.1. The summed E-state index contributed by atoms with van der Waals surface area (Å²) in [7, 11) is 0. The molecule has 2 rings (SSSR count). The molecule has 18 heavy (non-hydrogen) atoms. The average molecular weight is 320 g/mol. The maximum atomic E-state index is 11.9. The summed E-state index contributed by atoms with van der Waals surface area (Å²) >= 11 is 9.10. The zero-order valence-electron chi connectivity index (χ0n) is 9.28. The molecule has 0 spiro atoms. The minimum absolute atomic E-state index is 0.211. The van der Waals surface area contributed by atoms with E-state index in [1.807, 2.05) is 18.2 Å². The van der Waals surface area contributed by atoms with E-state index in [4.69, 9.17) is 11.6 Å². The van der Waals surface area contributed by atoms with Crippen LogP contribution in [0.25, 0.3) is 0 Å². The fraction of sp³-hybridized carbons (Fsp3) is 0. The molecular formula is C15H8BrClO. The molecular weight excluding hydrogens is 312 g/mol. The highest BCUT2D eigenvalue weighted by atomic mass is 79.9. The summed E-state index contributed by atoms with van der Waals surface area (Å²) in [6.45, 7) is 0. The summed E-state index contributed by atoms with van der Waals surface area (Å²) in [5, 5.41) is 0.651. The zero-order chi connectivity index (χ0) is 13.0. The van der Waals surface area contributed by atoms with Crippen LogP contribution in [0.1, 0.15) is 15.9 Å². The van der Waals surface area contributed by atoms with Crippen LogP contribution in [0.4, 0.5) is 0 Å². The number of halogens is 2. The highest BCUT2D eigenvalue weighted by molar-refractivity contribution is 9.10. The van der Waals surface area contributed by atoms with Gasteiger partial charge in [0.2, 0.25) is 5.78 Å². The predicted molar refractivity (Wildman–Crippen MR) is 76.8 cm³/mol. The largest absolute Gasteiger partial charge is 0.279 e. The summed E-state index contributed by atoms with van der Waals surface area (Å²) in [4.78, 5) is 11.9. The lowest BCUT2D eigenvalue weighted by Crippen LogP contribution is -1.95. The summed E-state index contributed by atoms with van der Waals surface area (Å²) < 4.78 is 0.750. The predicted octanol–water partition coefficient (Wildman–Crippen LogP) is 4.34. The van der Waals surface area contributed by atoms with Crippen molar-refractivity contribution < 1.29 is 4.79 Å². The fourth-order valence-electron chi connectivity index (χ4n) is 1.37. The maximum Gasteiger partial charge on any atom is 0.237 e. The van der Waals surface area contributed by atoms with E-state index in [-0.39, 0.29) is 5.78 Å². The molecule has 0 fully saturated rings. The maximum absolute atomic E-state index is 11.9. The number of ketones is 1. The third kappa shape index (κ3) is 3.22. The van der Waals surface area contributed by atoms with Crippen molar-refractivity contribution in [2.45, 2.75) is 0 Å². The van der Waals surface area contributed by atoms with Crippen molar-refractivity contribution in [2.24, 2.45) is 0 Å². The van der Waals surface area contributed by atoms with E-state index in [2.05, 4.69) is 27.8 Å². The molecule has 0 N–H and O–H groups in total. The van der Waals surface area contributed by atoms with Crippen molar-refractivity contribution in [3.05, 3.63) is 69.2 Å². The van der Waals surface area contributed by atoms with E-state index < -0.39 is 0 Å². The molecule has 2 aromatic rings. The zero-order valence-corrected chi connectivity index (χ0v) is 11.6. The van der Waals surface area contributed by atoms with Gasteiger partial charge in [-0.2, -0.15) is 0 Å². The molecule has 3 heteroatoms. The quantitative estimate of drug-likeness (QED) is 0.564. The lowest BCUT2D eigenvalue weighted by molar-refractivity contribution is 0.105. The van der Waals surface area contributed by atoms with Crippen molar-refractivity contribution in [1.29, 1.82) is 0 Å². The number of rotatable bonds is 1. The summed E-state index contributed by atoms with van der Waals surface area (Å²) in [6, 6.07) is 14.3. The average Bonchev–Trinajstić information content (AvgIpc) is 2.38. The third-order valence-electron chi connectivity index (χ3n) is 2.28. The normalized spacial score (nSPS) is 9.44. The van der Waals surface area contributed by atoms with E-state index in [0.29, 0.717) is 10.6 Å². The topological polar surface area (TPSA) is 17.1 Å². The van der Waals surface area contributed by atoms with Crippen LogP contribution in [-0.4, -0.2) is 5.78 Å². The van der Waals surface area contributed by atoms with Gasteiger partial charge in [0.05, 0.1) is 0 Å². The van der Waals surface area contributed by atoms with Gasteiger partial charge in [-0.25, -0.2) is 0 Å². The minimum atomic E-state index is -0.211. The molecule has 0 aliphatic carbocycles. The molecule has 0 unspecified atom stereocenters. The smallest absolute Gasteiger partial charge is 0.237 e. The van der Waals surface area contributed by atoms with Crippen LogP contribution < -0.4 is 0 Å². The summed E-state index contributed by atoms with van der Waals surface area (Å²) in [6.07, 6.45) is 0. The van der Waals surface area contributed by atoms with Gasteiger partial charge in [-0.1, -0.05) is 45.6 Å². The van der Waals surface area contributed by atoms with Gasteiger partial charge < -0.3 is 0 Å². The van der Waals surface area contributed by atoms with Gasteiger partial charge in [0.25, 0.3) is 0 Å². The van der Waals surface area contributed by atoms with Crippen molar-refractivity contribution in [2.75, 3.05) is 0 Å². The van der Waals surface area contributed by atoms with Gasteiger partial charge in [0, 0.05) is 20.6 Å². The minimum Gasteiger partial charge on any atom is -0.279 e. The number of hydrogen-bond acceptors (Lipinski definition) is 1. The Morgan fingerprint density at radius 3 is 2.39 bits per heavy atom. The molecule has 0 aliphatic rings. The van der Waals surface area contributed by atoms with Crippen LogP contribution >= 0.6 is 27.5 Å². The van der Waals surface area contributed by atoms with E-state index >= 15 is 0 Å². The lowest BCUT2D eigenvalue weighted by Gasteiger charge is -1.96. The Hall–Kier alpha value is -1.56. The Bertz CT molecular complexity index is 636. The molecule has 0 radical (unpaired) electrons. The Balaban J connectivity index is 2.23. The molecule has 0 aliphatic heterocycles. The molecule has 1 nitrogen and oxygen atoms in total. The van der Waals surface area contributed by atoms with Gasteiger partial charge in [0.15, 0.2) is 0 Å². The Kier molecular flexibility index (Phi) is 4.19. The van der Waals surface area contributed by atoms with Gasteiger partial charge >= 0.3 is 0 Å². The van der Waals surface area contributed by atoms with Crippen LogP contribution in [0.2, 0.25) is 5.02 Å². The second kappa shape index (κ2) is 5.86.